The fourth-order valence-electron chi connectivity index (χ4n) is 2.43. The monoisotopic (exact) mass is 251 g/mol. The van der Waals surface area contributed by atoms with Crippen molar-refractivity contribution in [2.75, 3.05) is 6.54 Å². The summed E-state index contributed by atoms with van der Waals surface area (Å²) in [6.07, 6.45) is 9.48. The SMILES string of the molecule is O=C(CCCn1ccnc1)NCC1CCCC1O. The topological polar surface area (TPSA) is 67.2 Å². The summed E-state index contributed by atoms with van der Waals surface area (Å²) in [4.78, 5) is 15.6. The van der Waals surface area contributed by atoms with Gasteiger partial charge in [-0.15, -0.1) is 0 Å². The molecule has 2 atom stereocenters. The van der Waals surface area contributed by atoms with E-state index in [1.165, 1.54) is 0 Å². The van der Waals surface area contributed by atoms with Gasteiger partial charge in [-0.25, -0.2) is 4.98 Å². The Kier molecular flexibility index (Phi) is 4.75. The predicted molar refractivity (Wildman–Crippen MR) is 67.8 cm³/mol. The zero-order valence-electron chi connectivity index (χ0n) is 10.6. The second-order valence-corrected chi connectivity index (χ2v) is 4.97. The summed E-state index contributed by atoms with van der Waals surface area (Å²) >= 11 is 0. The number of carbonyl (C=O) groups excluding carboxylic acids is 1. The highest BCUT2D eigenvalue weighted by Gasteiger charge is 2.25. The van der Waals surface area contributed by atoms with Crippen molar-refractivity contribution in [3.8, 4) is 0 Å². The fraction of sp³-hybridized carbons (Fsp3) is 0.692. The van der Waals surface area contributed by atoms with Gasteiger partial charge in [0.15, 0.2) is 0 Å². The number of aliphatic hydroxyl groups excluding tert-OH is 1. The van der Waals surface area contributed by atoms with Crippen molar-refractivity contribution in [3.05, 3.63) is 18.7 Å². The van der Waals surface area contributed by atoms with Crippen molar-refractivity contribution < 1.29 is 9.90 Å². The number of imidazole rings is 1. The number of nitrogens with one attached hydrogen (secondary N) is 1. The lowest BCUT2D eigenvalue weighted by molar-refractivity contribution is -0.121. The van der Waals surface area contributed by atoms with Gasteiger partial charge in [-0.05, 0) is 19.3 Å². The first-order chi connectivity index (χ1) is 8.75. The number of carbonyl (C=O) groups is 1. The van der Waals surface area contributed by atoms with Crippen LogP contribution >= 0.6 is 0 Å². The highest BCUT2D eigenvalue weighted by molar-refractivity contribution is 5.75. The average Bonchev–Trinajstić information content (AvgIpc) is 2.98. The van der Waals surface area contributed by atoms with Crippen LogP contribution < -0.4 is 5.32 Å². The number of aliphatic hydroxyl groups is 1. The molecule has 1 aliphatic carbocycles. The second-order valence-electron chi connectivity index (χ2n) is 4.97. The average molecular weight is 251 g/mol. The van der Waals surface area contributed by atoms with Crippen LogP contribution in [0.2, 0.25) is 0 Å². The zero-order valence-corrected chi connectivity index (χ0v) is 10.6. The molecule has 1 amide bonds. The third kappa shape index (κ3) is 3.84. The molecular weight excluding hydrogens is 230 g/mol. The highest BCUT2D eigenvalue weighted by atomic mass is 16.3. The number of amides is 1. The van der Waals surface area contributed by atoms with E-state index in [0.717, 1.165) is 32.2 Å². The van der Waals surface area contributed by atoms with E-state index >= 15 is 0 Å². The Bertz CT molecular complexity index is 364. The molecule has 1 heterocycles. The van der Waals surface area contributed by atoms with Crippen LogP contribution in [-0.2, 0) is 11.3 Å². The van der Waals surface area contributed by atoms with Crippen molar-refractivity contribution in [3.63, 3.8) is 0 Å². The van der Waals surface area contributed by atoms with Crippen LogP contribution in [-0.4, -0.2) is 33.2 Å². The molecule has 1 aromatic heterocycles. The van der Waals surface area contributed by atoms with Gasteiger partial charge in [-0.1, -0.05) is 6.42 Å². The van der Waals surface area contributed by atoms with E-state index in [1.54, 1.807) is 12.5 Å². The maximum absolute atomic E-state index is 11.6. The number of aryl methyl sites for hydroxylation is 1. The third-order valence-corrected chi connectivity index (χ3v) is 3.56. The Morgan fingerprint density at radius 3 is 3.06 bits per heavy atom. The molecule has 0 radical (unpaired) electrons. The van der Waals surface area contributed by atoms with Gasteiger partial charge in [0.05, 0.1) is 12.4 Å². The molecule has 1 aliphatic rings. The van der Waals surface area contributed by atoms with Crippen LogP contribution in [0, 0.1) is 5.92 Å². The Morgan fingerprint density at radius 2 is 2.39 bits per heavy atom. The molecule has 0 spiro atoms. The molecule has 5 heteroatoms. The summed E-state index contributed by atoms with van der Waals surface area (Å²) in [5, 5.41) is 12.6. The predicted octanol–water partition coefficient (Wildman–Crippen LogP) is 0.940. The molecule has 1 aromatic rings. The normalized spacial score (nSPS) is 23.2. The molecule has 0 aromatic carbocycles. The summed E-state index contributed by atoms with van der Waals surface area (Å²) in [5.41, 5.74) is 0. The van der Waals surface area contributed by atoms with Gasteiger partial charge in [0, 0.05) is 37.8 Å². The van der Waals surface area contributed by atoms with Crippen molar-refractivity contribution in [2.45, 2.75) is 44.8 Å². The number of nitrogens with zero attached hydrogens (tertiary/aromatic N) is 2. The zero-order chi connectivity index (χ0) is 12.8. The summed E-state index contributed by atoms with van der Waals surface area (Å²) in [5.74, 6) is 0.330. The Morgan fingerprint density at radius 1 is 1.50 bits per heavy atom. The van der Waals surface area contributed by atoms with Gasteiger partial charge in [-0.3, -0.25) is 4.79 Å². The van der Waals surface area contributed by atoms with Gasteiger partial charge in [0.1, 0.15) is 0 Å². The first kappa shape index (κ1) is 13.1. The molecule has 1 saturated carbocycles. The first-order valence-corrected chi connectivity index (χ1v) is 6.66. The molecule has 2 N–H and O–H groups in total. The minimum absolute atomic E-state index is 0.0780. The van der Waals surface area contributed by atoms with E-state index in [1.807, 2.05) is 10.8 Å². The minimum atomic E-state index is -0.226. The fourth-order valence-corrected chi connectivity index (χ4v) is 2.43. The molecular formula is C13H21N3O2. The summed E-state index contributed by atoms with van der Waals surface area (Å²) in [7, 11) is 0. The van der Waals surface area contributed by atoms with Crippen LogP contribution in [0.4, 0.5) is 0 Å². The highest BCUT2D eigenvalue weighted by Crippen LogP contribution is 2.24. The Hall–Kier alpha value is -1.36. The molecule has 18 heavy (non-hydrogen) atoms. The maximum Gasteiger partial charge on any atom is 0.220 e. The van der Waals surface area contributed by atoms with Gasteiger partial charge in [0.25, 0.3) is 0 Å². The Labute approximate surface area is 107 Å². The minimum Gasteiger partial charge on any atom is -0.393 e. The second kappa shape index (κ2) is 6.54. The molecule has 0 saturated heterocycles. The van der Waals surface area contributed by atoms with Gasteiger partial charge >= 0.3 is 0 Å². The van der Waals surface area contributed by atoms with E-state index in [4.69, 9.17) is 0 Å². The number of rotatable bonds is 6. The number of aromatic nitrogens is 2. The number of hydrogen-bond acceptors (Lipinski definition) is 3. The van der Waals surface area contributed by atoms with Crippen molar-refractivity contribution in [1.82, 2.24) is 14.9 Å². The lowest BCUT2D eigenvalue weighted by Crippen LogP contribution is -2.32. The molecule has 2 rings (SSSR count). The first-order valence-electron chi connectivity index (χ1n) is 6.66. The van der Waals surface area contributed by atoms with E-state index < -0.39 is 0 Å². The largest absolute Gasteiger partial charge is 0.393 e. The molecule has 5 nitrogen and oxygen atoms in total. The quantitative estimate of drug-likeness (QED) is 0.790. The van der Waals surface area contributed by atoms with E-state index in [0.29, 0.717) is 13.0 Å². The van der Waals surface area contributed by atoms with Crippen LogP contribution in [0.25, 0.3) is 0 Å². The van der Waals surface area contributed by atoms with Crippen LogP contribution in [0.5, 0.6) is 0 Å². The van der Waals surface area contributed by atoms with Crippen molar-refractivity contribution >= 4 is 5.91 Å². The van der Waals surface area contributed by atoms with Gasteiger partial charge in [-0.2, -0.15) is 0 Å². The smallest absolute Gasteiger partial charge is 0.220 e. The van der Waals surface area contributed by atoms with Crippen LogP contribution in [0.3, 0.4) is 0 Å². The molecule has 1 fully saturated rings. The van der Waals surface area contributed by atoms with E-state index in [-0.39, 0.29) is 17.9 Å². The molecule has 100 valence electrons. The van der Waals surface area contributed by atoms with Crippen molar-refractivity contribution in [1.29, 1.82) is 0 Å². The maximum atomic E-state index is 11.6. The number of hydrogen-bond donors (Lipinski definition) is 2. The van der Waals surface area contributed by atoms with Gasteiger partial charge < -0.3 is 15.0 Å². The third-order valence-electron chi connectivity index (χ3n) is 3.56. The van der Waals surface area contributed by atoms with E-state index in [2.05, 4.69) is 10.3 Å². The summed E-state index contributed by atoms with van der Waals surface area (Å²) < 4.78 is 1.97. The summed E-state index contributed by atoms with van der Waals surface area (Å²) in [6.45, 7) is 1.44. The lowest BCUT2D eigenvalue weighted by atomic mass is 10.1. The van der Waals surface area contributed by atoms with Gasteiger partial charge in [0.2, 0.25) is 5.91 Å². The molecule has 2 unspecified atom stereocenters. The summed E-state index contributed by atoms with van der Waals surface area (Å²) in [6, 6.07) is 0. The van der Waals surface area contributed by atoms with Crippen LogP contribution in [0.15, 0.2) is 18.7 Å². The standard InChI is InChI=1S/C13H21N3O2/c17-12-4-1-3-11(12)9-15-13(18)5-2-7-16-8-6-14-10-16/h6,8,10-12,17H,1-5,7,9H2,(H,15,18). The lowest BCUT2D eigenvalue weighted by Gasteiger charge is -2.15. The van der Waals surface area contributed by atoms with Crippen molar-refractivity contribution in [2.24, 2.45) is 5.92 Å². The molecule has 0 bridgehead atoms. The van der Waals surface area contributed by atoms with Crippen LogP contribution in [0.1, 0.15) is 32.1 Å². The Balaban J connectivity index is 1.57. The molecule has 0 aliphatic heterocycles. The van der Waals surface area contributed by atoms with E-state index in [9.17, 15) is 9.90 Å².